The van der Waals surface area contributed by atoms with Crippen LogP contribution in [0.3, 0.4) is 0 Å². The second kappa shape index (κ2) is 12.6. The molecular formula is C27H37F2N5O4. The largest absolute Gasteiger partial charge is 0.444 e. The lowest BCUT2D eigenvalue weighted by Gasteiger charge is -2.42. The highest BCUT2D eigenvalue weighted by atomic mass is 19.1. The van der Waals surface area contributed by atoms with Gasteiger partial charge in [0.2, 0.25) is 12.3 Å². The summed E-state index contributed by atoms with van der Waals surface area (Å²) >= 11 is 0. The number of likely N-dealkylation sites (tertiary alicyclic amines) is 2. The first-order valence-electron chi connectivity index (χ1n) is 13.3. The number of carbonyl (C=O) groups excluding carboxylic acids is 3. The van der Waals surface area contributed by atoms with Crippen molar-refractivity contribution >= 4 is 24.1 Å². The van der Waals surface area contributed by atoms with Gasteiger partial charge in [-0.2, -0.15) is 0 Å². The first-order chi connectivity index (χ1) is 18.3. The smallest absolute Gasteiger partial charge is 0.407 e. The lowest BCUT2D eigenvalue weighted by Crippen LogP contribution is -2.60. The van der Waals surface area contributed by atoms with E-state index in [9.17, 15) is 23.2 Å². The van der Waals surface area contributed by atoms with Crippen molar-refractivity contribution in [3.8, 4) is 0 Å². The quantitative estimate of drug-likeness (QED) is 0.474. The van der Waals surface area contributed by atoms with Crippen LogP contribution >= 0.6 is 0 Å². The molecule has 0 aromatic heterocycles. The summed E-state index contributed by atoms with van der Waals surface area (Å²) in [6.07, 6.45) is 6.09. The molecular weight excluding hydrogens is 496 g/mol. The molecule has 208 valence electrons. The van der Waals surface area contributed by atoms with Gasteiger partial charge in [-0.1, -0.05) is 18.9 Å². The summed E-state index contributed by atoms with van der Waals surface area (Å²) in [5.41, 5.74) is 1.34. The number of ether oxygens (including phenoxy) is 1. The Morgan fingerprint density at radius 3 is 2.26 bits per heavy atom. The molecule has 4 aliphatic rings. The Hall–Kier alpha value is -3.21. The Morgan fingerprint density at radius 2 is 1.79 bits per heavy atom. The highest BCUT2D eigenvalue weighted by molar-refractivity contribution is 5.85. The van der Waals surface area contributed by atoms with Gasteiger partial charge in [-0.15, -0.1) is 0 Å². The van der Waals surface area contributed by atoms with Crippen LogP contribution in [0.25, 0.3) is 0 Å². The molecule has 5 rings (SSSR count). The molecule has 0 bridgehead atoms. The maximum Gasteiger partial charge on any atom is 0.407 e. The minimum Gasteiger partial charge on any atom is -0.444 e. The fourth-order valence-corrected chi connectivity index (χ4v) is 4.57. The van der Waals surface area contributed by atoms with Crippen molar-refractivity contribution < 1.29 is 27.9 Å². The van der Waals surface area contributed by atoms with Crippen molar-refractivity contribution in [3.05, 3.63) is 41.1 Å². The average Bonchev–Trinajstić information content (AvgIpc) is 3.62. The number of amides is 3. The van der Waals surface area contributed by atoms with Crippen LogP contribution in [0.1, 0.15) is 50.5 Å². The summed E-state index contributed by atoms with van der Waals surface area (Å²) in [6, 6.07) is 2.40. The molecule has 1 unspecified atom stereocenters. The number of halogens is 2. The SMILES string of the molecule is CCCC(C(=O)NC=C1CC1)c1c(F)cc(N2CC(NC(=O)OC3CN(C)C3)C2)cc1F.O=CN1CCC1. The molecule has 9 nitrogen and oxygen atoms in total. The van der Waals surface area contributed by atoms with E-state index >= 15 is 0 Å². The number of rotatable bonds is 9. The zero-order valence-electron chi connectivity index (χ0n) is 22.1. The standard InChI is InChI=1S/C23H30F2N4O3.C4H7NO/c1-3-4-18(22(30)26-9-14-5-6-14)21-19(24)7-16(8-20(21)25)29-10-15(11-29)27-23(31)32-17-12-28(2)13-17;6-4-5-2-1-3-5/h7-9,15,17-18H,3-6,10-13H2,1-2H3,(H,26,30)(H,27,31);4H,1-3H2. The zero-order valence-corrected chi connectivity index (χ0v) is 22.1. The molecule has 3 saturated heterocycles. The predicted octanol–water partition coefficient (Wildman–Crippen LogP) is 2.72. The highest BCUT2D eigenvalue weighted by Gasteiger charge is 2.33. The summed E-state index contributed by atoms with van der Waals surface area (Å²) in [5.74, 6) is -2.72. The normalized spacial score (nSPS) is 19.6. The summed E-state index contributed by atoms with van der Waals surface area (Å²) < 4.78 is 35.2. The number of likely N-dealkylation sites (N-methyl/N-ethyl adjacent to an activating group) is 1. The average molecular weight is 534 g/mol. The third kappa shape index (κ3) is 7.21. The lowest BCUT2D eigenvalue weighted by atomic mass is 9.92. The molecule has 1 aliphatic carbocycles. The first kappa shape index (κ1) is 27.8. The second-order valence-electron chi connectivity index (χ2n) is 10.5. The van der Waals surface area contributed by atoms with E-state index in [0.29, 0.717) is 31.6 Å². The van der Waals surface area contributed by atoms with Gasteiger partial charge in [0.1, 0.15) is 17.7 Å². The fourth-order valence-electron chi connectivity index (χ4n) is 4.57. The molecule has 2 N–H and O–H groups in total. The third-order valence-corrected chi connectivity index (χ3v) is 7.18. The van der Waals surface area contributed by atoms with Gasteiger partial charge in [-0.05, 0) is 44.9 Å². The predicted molar refractivity (Wildman–Crippen MR) is 139 cm³/mol. The maximum absolute atomic E-state index is 14.9. The Morgan fingerprint density at radius 1 is 1.13 bits per heavy atom. The van der Waals surface area contributed by atoms with Crippen LogP contribution in [0.15, 0.2) is 23.9 Å². The van der Waals surface area contributed by atoms with Crippen molar-refractivity contribution in [1.29, 1.82) is 0 Å². The topological polar surface area (TPSA) is 94.2 Å². The minimum absolute atomic E-state index is 0.0827. The van der Waals surface area contributed by atoms with E-state index in [-0.39, 0.29) is 23.6 Å². The number of anilines is 1. The number of benzene rings is 1. The van der Waals surface area contributed by atoms with Crippen molar-refractivity contribution in [2.45, 2.75) is 57.1 Å². The molecule has 3 amide bonds. The van der Waals surface area contributed by atoms with Crippen molar-refractivity contribution in [2.75, 3.05) is 51.2 Å². The van der Waals surface area contributed by atoms with Crippen LogP contribution in [0, 0.1) is 11.6 Å². The zero-order chi connectivity index (χ0) is 27.2. The van der Waals surface area contributed by atoms with Gasteiger partial charge in [0.25, 0.3) is 0 Å². The molecule has 1 aromatic carbocycles. The van der Waals surface area contributed by atoms with E-state index in [1.54, 1.807) is 16.0 Å². The van der Waals surface area contributed by atoms with E-state index in [1.165, 1.54) is 18.6 Å². The van der Waals surface area contributed by atoms with Crippen LogP contribution in [0.5, 0.6) is 0 Å². The third-order valence-electron chi connectivity index (χ3n) is 7.18. The van der Waals surface area contributed by atoms with Gasteiger partial charge < -0.3 is 25.2 Å². The minimum atomic E-state index is -0.879. The molecule has 3 heterocycles. The molecule has 1 aromatic rings. The molecule has 1 saturated carbocycles. The maximum atomic E-state index is 14.9. The van der Waals surface area contributed by atoms with Gasteiger partial charge in [-0.25, -0.2) is 13.6 Å². The van der Waals surface area contributed by atoms with Crippen LogP contribution in [-0.2, 0) is 14.3 Å². The van der Waals surface area contributed by atoms with Crippen LogP contribution in [-0.4, -0.2) is 86.7 Å². The molecule has 1 atom stereocenters. The molecule has 4 fully saturated rings. The number of nitrogens with one attached hydrogen (secondary N) is 2. The Balaban J connectivity index is 0.000000494. The summed E-state index contributed by atoms with van der Waals surface area (Å²) in [7, 11) is 1.95. The number of hydrogen-bond acceptors (Lipinski definition) is 6. The Kier molecular flexibility index (Phi) is 9.19. The van der Waals surface area contributed by atoms with E-state index in [4.69, 9.17) is 4.74 Å². The van der Waals surface area contributed by atoms with E-state index in [2.05, 4.69) is 15.5 Å². The summed E-state index contributed by atoms with van der Waals surface area (Å²) in [4.78, 5) is 39.8. The highest BCUT2D eigenvalue weighted by Crippen LogP contribution is 2.33. The lowest BCUT2D eigenvalue weighted by molar-refractivity contribution is -0.122. The number of nitrogens with zero attached hydrogens (tertiary/aromatic N) is 3. The number of carbonyl (C=O) groups is 3. The number of allylic oxidation sites excluding steroid dienone is 1. The van der Waals surface area contributed by atoms with Crippen molar-refractivity contribution in [3.63, 3.8) is 0 Å². The monoisotopic (exact) mass is 533 g/mol. The van der Waals surface area contributed by atoms with Crippen molar-refractivity contribution in [1.82, 2.24) is 20.4 Å². The van der Waals surface area contributed by atoms with E-state index in [0.717, 1.165) is 51.0 Å². The van der Waals surface area contributed by atoms with E-state index < -0.39 is 23.6 Å². The van der Waals surface area contributed by atoms with Gasteiger partial charge in [0.15, 0.2) is 0 Å². The van der Waals surface area contributed by atoms with E-state index in [1.807, 2.05) is 14.0 Å². The summed E-state index contributed by atoms with van der Waals surface area (Å²) in [6.45, 7) is 6.15. The first-order valence-corrected chi connectivity index (χ1v) is 13.3. The van der Waals surface area contributed by atoms with Crippen molar-refractivity contribution in [2.24, 2.45) is 0 Å². The second-order valence-corrected chi connectivity index (χ2v) is 10.5. The molecule has 11 heteroatoms. The molecule has 38 heavy (non-hydrogen) atoms. The van der Waals surface area contributed by atoms with Gasteiger partial charge >= 0.3 is 6.09 Å². The Bertz CT molecular complexity index is 1020. The van der Waals surface area contributed by atoms with Gasteiger partial charge in [0, 0.05) is 56.7 Å². The molecule has 0 spiro atoms. The summed E-state index contributed by atoms with van der Waals surface area (Å²) in [5, 5.41) is 5.47. The van der Waals surface area contributed by atoms with Gasteiger partial charge in [-0.3, -0.25) is 14.5 Å². The molecule has 3 aliphatic heterocycles. The van der Waals surface area contributed by atoms with Crippen LogP contribution < -0.4 is 15.5 Å². The Labute approximate surface area is 222 Å². The number of alkyl carbamates (subject to hydrolysis) is 1. The van der Waals surface area contributed by atoms with Crippen LogP contribution in [0.4, 0.5) is 19.3 Å². The van der Waals surface area contributed by atoms with Gasteiger partial charge in [0.05, 0.1) is 12.0 Å². The van der Waals surface area contributed by atoms with Crippen LogP contribution in [0.2, 0.25) is 0 Å². The number of hydrogen-bond donors (Lipinski definition) is 2. The fraction of sp³-hybridized carbons (Fsp3) is 0.593. The molecule has 0 radical (unpaired) electrons.